The van der Waals surface area contributed by atoms with E-state index in [9.17, 15) is 0 Å². The Morgan fingerprint density at radius 3 is 2.96 bits per heavy atom. The van der Waals surface area contributed by atoms with Gasteiger partial charge in [0.1, 0.15) is 0 Å². The van der Waals surface area contributed by atoms with Crippen molar-refractivity contribution in [3.8, 4) is 5.88 Å². The van der Waals surface area contributed by atoms with Gasteiger partial charge in [0.25, 0.3) is 0 Å². The second-order valence-corrected chi connectivity index (χ2v) is 7.22. The van der Waals surface area contributed by atoms with E-state index >= 15 is 0 Å². The quantitative estimate of drug-likeness (QED) is 0.710. The van der Waals surface area contributed by atoms with Crippen LogP contribution < -0.4 is 15.8 Å². The number of aryl methyl sites for hydroxylation is 1. The fourth-order valence-electron chi connectivity index (χ4n) is 3.10. The predicted octanol–water partition coefficient (Wildman–Crippen LogP) is 3.64. The van der Waals surface area contributed by atoms with Gasteiger partial charge in [-0.25, -0.2) is 4.98 Å². The van der Waals surface area contributed by atoms with E-state index < -0.39 is 0 Å². The molecule has 3 rings (SSSR count). The van der Waals surface area contributed by atoms with E-state index in [0.717, 1.165) is 60.1 Å². The molecule has 0 bridgehead atoms. The van der Waals surface area contributed by atoms with Crippen molar-refractivity contribution in [3.05, 3.63) is 47.4 Å². The number of nitrogens with zero attached hydrogens (tertiary/aromatic N) is 2. The second kappa shape index (κ2) is 8.99. The van der Waals surface area contributed by atoms with E-state index in [2.05, 4.69) is 35.2 Å². The standard InChI is InChI=1S/C21H30N4O/c1-3-4-20-18(19(22)7-9-24-20)14-23-12-17-11-15(2)21(25-13-17)26-10-8-16-5-6-16/h7,9,11,13-14,16,19,23H,3-6,8,10,12,22H2,1-2H3/b18-14+. The Morgan fingerprint density at radius 2 is 2.23 bits per heavy atom. The Morgan fingerprint density at radius 1 is 1.38 bits per heavy atom. The van der Waals surface area contributed by atoms with Gasteiger partial charge in [-0.15, -0.1) is 0 Å². The average Bonchev–Trinajstić information content (AvgIpc) is 3.44. The van der Waals surface area contributed by atoms with Gasteiger partial charge in [0.05, 0.1) is 12.6 Å². The average molecular weight is 354 g/mol. The van der Waals surface area contributed by atoms with Crippen LogP contribution in [0, 0.1) is 12.8 Å². The van der Waals surface area contributed by atoms with Crippen molar-refractivity contribution < 1.29 is 4.74 Å². The van der Waals surface area contributed by atoms with Gasteiger partial charge in [-0.3, -0.25) is 4.99 Å². The van der Waals surface area contributed by atoms with Crippen LogP contribution in [0.25, 0.3) is 0 Å². The lowest BCUT2D eigenvalue weighted by molar-refractivity contribution is 0.289. The lowest BCUT2D eigenvalue weighted by Gasteiger charge is -2.18. The summed E-state index contributed by atoms with van der Waals surface area (Å²) >= 11 is 0. The van der Waals surface area contributed by atoms with Crippen LogP contribution in [0.4, 0.5) is 0 Å². The van der Waals surface area contributed by atoms with E-state index in [1.807, 2.05) is 24.7 Å². The summed E-state index contributed by atoms with van der Waals surface area (Å²) < 4.78 is 5.81. The molecule has 0 spiro atoms. The summed E-state index contributed by atoms with van der Waals surface area (Å²) in [5, 5.41) is 3.37. The lowest BCUT2D eigenvalue weighted by Crippen LogP contribution is -2.29. The number of nitrogens with two attached hydrogens (primary N) is 1. The van der Waals surface area contributed by atoms with Crippen LogP contribution in [0.3, 0.4) is 0 Å². The number of ether oxygens (including phenoxy) is 1. The molecule has 5 nitrogen and oxygen atoms in total. The highest BCUT2D eigenvalue weighted by Gasteiger charge is 2.21. The molecule has 5 heteroatoms. The minimum Gasteiger partial charge on any atom is -0.477 e. The summed E-state index contributed by atoms with van der Waals surface area (Å²) in [7, 11) is 0. The second-order valence-electron chi connectivity index (χ2n) is 7.22. The fourth-order valence-corrected chi connectivity index (χ4v) is 3.10. The molecule has 140 valence electrons. The van der Waals surface area contributed by atoms with E-state index in [-0.39, 0.29) is 6.04 Å². The molecule has 1 atom stereocenters. The molecule has 1 fully saturated rings. The molecule has 0 aromatic carbocycles. The molecule has 0 saturated heterocycles. The summed E-state index contributed by atoms with van der Waals surface area (Å²) in [6.45, 7) is 5.68. The maximum Gasteiger partial charge on any atom is 0.216 e. The summed E-state index contributed by atoms with van der Waals surface area (Å²) in [6.07, 6.45) is 13.5. The first-order valence-corrected chi connectivity index (χ1v) is 9.68. The van der Waals surface area contributed by atoms with Gasteiger partial charge < -0.3 is 15.8 Å². The minimum absolute atomic E-state index is 0.0938. The van der Waals surface area contributed by atoms with Gasteiger partial charge in [-0.2, -0.15) is 0 Å². The van der Waals surface area contributed by atoms with Gasteiger partial charge >= 0.3 is 0 Å². The minimum atomic E-state index is -0.0938. The summed E-state index contributed by atoms with van der Waals surface area (Å²) in [5.41, 5.74) is 10.5. The molecular formula is C21H30N4O. The van der Waals surface area contributed by atoms with Gasteiger partial charge in [0, 0.05) is 42.0 Å². The highest BCUT2D eigenvalue weighted by atomic mass is 16.5. The van der Waals surface area contributed by atoms with Crippen LogP contribution in [0.1, 0.15) is 50.2 Å². The van der Waals surface area contributed by atoms with Crippen LogP contribution in [0.2, 0.25) is 0 Å². The molecule has 3 N–H and O–H groups in total. The van der Waals surface area contributed by atoms with E-state index in [0.29, 0.717) is 6.54 Å². The maximum atomic E-state index is 6.19. The van der Waals surface area contributed by atoms with Crippen LogP contribution >= 0.6 is 0 Å². The monoisotopic (exact) mass is 354 g/mol. The van der Waals surface area contributed by atoms with Crippen LogP contribution in [0.15, 0.2) is 41.3 Å². The van der Waals surface area contributed by atoms with Crippen molar-refractivity contribution in [3.63, 3.8) is 0 Å². The molecule has 1 aliphatic heterocycles. The molecule has 1 aliphatic carbocycles. The number of nitrogens with one attached hydrogen (secondary N) is 1. The SMILES string of the molecule is CCCC1=NC=CC(N)/C1=C\NCc1cnc(OCCC2CC2)c(C)c1. The third-order valence-corrected chi connectivity index (χ3v) is 4.82. The van der Waals surface area contributed by atoms with Crippen molar-refractivity contribution in [1.29, 1.82) is 0 Å². The molecule has 1 unspecified atom stereocenters. The third-order valence-electron chi connectivity index (χ3n) is 4.82. The topological polar surface area (TPSA) is 72.5 Å². The van der Waals surface area contributed by atoms with Crippen LogP contribution in [0.5, 0.6) is 5.88 Å². The summed E-state index contributed by atoms with van der Waals surface area (Å²) in [5.74, 6) is 1.64. The lowest BCUT2D eigenvalue weighted by atomic mass is 9.98. The van der Waals surface area contributed by atoms with Crippen molar-refractivity contribution >= 4 is 5.71 Å². The number of hydrogen-bond donors (Lipinski definition) is 2. The van der Waals surface area contributed by atoms with Crippen LogP contribution in [-0.2, 0) is 6.54 Å². The third kappa shape index (κ3) is 5.18. The van der Waals surface area contributed by atoms with Crippen molar-refractivity contribution in [1.82, 2.24) is 10.3 Å². The Hall–Kier alpha value is -2.14. The smallest absolute Gasteiger partial charge is 0.216 e. The zero-order valence-corrected chi connectivity index (χ0v) is 15.9. The molecule has 1 aromatic rings. The van der Waals surface area contributed by atoms with Gasteiger partial charge in [0.15, 0.2) is 0 Å². The van der Waals surface area contributed by atoms with Crippen molar-refractivity contribution in [2.24, 2.45) is 16.6 Å². The highest BCUT2D eigenvalue weighted by Crippen LogP contribution is 2.32. The molecule has 2 heterocycles. The number of aliphatic imine (C=N–C) groups is 1. The van der Waals surface area contributed by atoms with Gasteiger partial charge in [-0.05, 0) is 43.4 Å². The van der Waals surface area contributed by atoms with E-state index in [1.165, 1.54) is 12.8 Å². The maximum absolute atomic E-state index is 6.19. The molecule has 0 radical (unpaired) electrons. The Bertz CT molecular complexity index is 704. The first kappa shape index (κ1) is 18.6. The molecule has 0 amide bonds. The van der Waals surface area contributed by atoms with Gasteiger partial charge in [0.2, 0.25) is 5.88 Å². The summed E-state index contributed by atoms with van der Waals surface area (Å²) in [6, 6.07) is 2.04. The number of rotatable bonds is 9. The molecule has 26 heavy (non-hydrogen) atoms. The Labute approximate surface area is 156 Å². The normalized spacial score (nSPS) is 21.0. The van der Waals surface area contributed by atoms with Gasteiger partial charge in [-0.1, -0.05) is 26.2 Å². The molecule has 2 aliphatic rings. The molecule has 1 saturated carbocycles. The first-order chi connectivity index (χ1) is 12.7. The van der Waals surface area contributed by atoms with Crippen molar-refractivity contribution in [2.45, 2.75) is 58.5 Å². The number of pyridine rings is 1. The van der Waals surface area contributed by atoms with E-state index in [4.69, 9.17) is 10.5 Å². The van der Waals surface area contributed by atoms with Crippen molar-refractivity contribution in [2.75, 3.05) is 6.61 Å². The zero-order chi connectivity index (χ0) is 18.4. The molecule has 1 aromatic heterocycles. The van der Waals surface area contributed by atoms with Crippen LogP contribution in [-0.4, -0.2) is 23.3 Å². The summed E-state index contributed by atoms with van der Waals surface area (Å²) in [4.78, 5) is 8.94. The number of aromatic nitrogens is 1. The largest absolute Gasteiger partial charge is 0.477 e. The number of hydrogen-bond acceptors (Lipinski definition) is 5. The fraction of sp³-hybridized carbons (Fsp3) is 0.524. The zero-order valence-electron chi connectivity index (χ0n) is 15.9. The predicted molar refractivity (Wildman–Crippen MR) is 106 cm³/mol. The Balaban J connectivity index is 1.54. The molecular weight excluding hydrogens is 324 g/mol. The highest BCUT2D eigenvalue weighted by molar-refractivity contribution is 6.02. The van der Waals surface area contributed by atoms with E-state index in [1.54, 1.807) is 0 Å². The Kier molecular flexibility index (Phi) is 6.45. The first-order valence-electron chi connectivity index (χ1n) is 9.68.